The number of rotatable bonds is 5. The predicted molar refractivity (Wildman–Crippen MR) is 94.6 cm³/mol. The van der Waals surface area contributed by atoms with Crippen molar-refractivity contribution >= 4 is 5.91 Å². The van der Waals surface area contributed by atoms with E-state index in [0.717, 1.165) is 25.1 Å². The Balaban J connectivity index is 1.67. The van der Waals surface area contributed by atoms with Gasteiger partial charge in [-0.3, -0.25) is 9.48 Å². The zero-order valence-electron chi connectivity index (χ0n) is 14.7. The number of carbonyl (C=O) groups is 1. The highest BCUT2D eigenvalue weighted by molar-refractivity contribution is 5.80. The average molecular weight is 326 g/mol. The lowest BCUT2D eigenvalue weighted by Gasteiger charge is -2.24. The molecule has 5 heteroatoms. The van der Waals surface area contributed by atoms with E-state index in [1.807, 2.05) is 31.4 Å². The third-order valence-corrected chi connectivity index (χ3v) is 4.91. The van der Waals surface area contributed by atoms with Crippen LogP contribution >= 0.6 is 0 Å². The number of aromatic nitrogens is 2. The lowest BCUT2D eigenvalue weighted by atomic mass is 9.90. The van der Waals surface area contributed by atoms with Gasteiger partial charge in [0.15, 0.2) is 0 Å². The number of carbonyl (C=O) groups excluding carboxylic acids is 1. The second-order valence-corrected chi connectivity index (χ2v) is 6.68. The van der Waals surface area contributed by atoms with Crippen LogP contribution in [0.2, 0.25) is 0 Å². The van der Waals surface area contributed by atoms with Crippen molar-refractivity contribution in [3.63, 3.8) is 0 Å². The first-order valence-electron chi connectivity index (χ1n) is 8.60. The summed E-state index contributed by atoms with van der Waals surface area (Å²) < 4.78 is 1.80. The third kappa shape index (κ3) is 3.51. The first-order valence-corrected chi connectivity index (χ1v) is 8.60. The SMILES string of the molecule is CCc1ccc(CN(C)C(=O)[C@H]2CNC[C@@H]2c2cnn(C)c2)cc1. The van der Waals surface area contributed by atoms with E-state index in [2.05, 4.69) is 41.6 Å². The number of amides is 1. The fraction of sp³-hybridized carbons (Fsp3) is 0.474. The molecule has 0 radical (unpaired) electrons. The molecule has 1 amide bonds. The van der Waals surface area contributed by atoms with Crippen LogP contribution in [0.25, 0.3) is 0 Å². The number of nitrogens with zero attached hydrogens (tertiary/aromatic N) is 3. The second kappa shape index (κ2) is 7.18. The molecule has 1 aliphatic rings. The minimum absolute atomic E-state index is 0.0193. The van der Waals surface area contributed by atoms with Gasteiger partial charge in [0, 0.05) is 45.8 Å². The van der Waals surface area contributed by atoms with Crippen LogP contribution in [0.5, 0.6) is 0 Å². The second-order valence-electron chi connectivity index (χ2n) is 6.68. The van der Waals surface area contributed by atoms with Crippen molar-refractivity contribution in [1.29, 1.82) is 0 Å². The van der Waals surface area contributed by atoms with Crippen molar-refractivity contribution in [1.82, 2.24) is 20.0 Å². The van der Waals surface area contributed by atoms with Crippen molar-refractivity contribution in [2.45, 2.75) is 25.8 Å². The molecule has 3 rings (SSSR count). The average Bonchev–Trinajstić information content (AvgIpc) is 3.23. The van der Waals surface area contributed by atoms with E-state index in [1.165, 1.54) is 11.1 Å². The van der Waals surface area contributed by atoms with Crippen molar-refractivity contribution in [2.24, 2.45) is 13.0 Å². The Hall–Kier alpha value is -2.14. The summed E-state index contributed by atoms with van der Waals surface area (Å²) in [6.07, 6.45) is 4.93. The Morgan fingerprint density at radius 2 is 2.00 bits per heavy atom. The zero-order chi connectivity index (χ0) is 17.1. The summed E-state index contributed by atoms with van der Waals surface area (Å²) in [4.78, 5) is 14.8. The number of hydrogen-bond donors (Lipinski definition) is 1. The highest BCUT2D eigenvalue weighted by atomic mass is 16.2. The van der Waals surface area contributed by atoms with Crippen LogP contribution in [-0.4, -0.2) is 40.7 Å². The van der Waals surface area contributed by atoms with E-state index in [1.54, 1.807) is 4.68 Å². The standard InChI is InChI=1S/C19H26N4O/c1-4-14-5-7-15(8-6-14)12-22(2)19(24)18-11-20-10-17(18)16-9-21-23(3)13-16/h5-9,13,17-18,20H,4,10-12H2,1-3H3/t17-,18+/m1/s1. The molecule has 2 aromatic rings. The Bertz CT molecular complexity index is 692. The minimum atomic E-state index is -0.0193. The van der Waals surface area contributed by atoms with Crippen LogP contribution in [0, 0.1) is 5.92 Å². The molecule has 1 aliphatic heterocycles. The van der Waals surface area contributed by atoms with Gasteiger partial charge in [-0.25, -0.2) is 0 Å². The van der Waals surface area contributed by atoms with Crippen LogP contribution in [0.3, 0.4) is 0 Å². The molecule has 5 nitrogen and oxygen atoms in total. The minimum Gasteiger partial charge on any atom is -0.341 e. The van der Waals surface area contributed by atoms with E-state index < -0.39 is 0 Å². The maximum atomic E-state index is 12.9. The van der Waals surface area contributed by atoms with Gasteiger partial charge in [-0.1, -0.05) is 31.2 Å². The summed E-state index contributed by atoms with van der Waals surface area (Å²) in [5.74, 6) is 0.388. The van der Waals surface area contributed by atoms with Gasteiger partial charge < -0.3 is 10.2 Å². The van der Waals surface area contributed by atoms with Crippen molar-refractivity contribution in [2.75, 3.05) is 20.1 Å². The predicted octanol–water partition coefficient (Wildman–Crippen LogP) is 1.94. The summed E-state index contributed by atoms with van der Waals surface area (Å²) in [5.41, 5.74) is 3.64. The lowest BCUT2D eigenvalue weighted by molar-refractivity contribution is -0.134. The van der Waals surface area contributed by atoms with Gasteiger partial charge in [0.2, 0.25) is 5.91 Å². The summed E-state index contributed by atoms with van der Waals surface area (Å²) in [5, 5.41) is 7.61. The maximum Gasteiger partial charge on any atom is 0.227 e. The fourth-order valence-electron chi connectivity index (χ4n) is 3.44. The van der Waals surface area contributed by atoms with Gasteiger partial charge in [-0.05, 0) is 23.1 Å². The van der Waals surface area contributed by atoms with E-state index >= 15 is 0 Å². The largest absolute Gasteiger partial charge is 0.341 e. The smallest absolute Gasteiger partial charge is 0.227 e. The molecule has 1 aromatic heterocycles. The van der Waals surface area contributed by atoms with Gasteiger partial charge in [-0.15, -0.1) is 0 Å². The Kier molecular flexibility index (Phi) is 5.00. The molecule has 0 aliphatic carbocycles. The molecule has 1 saturated heterocycles. The molecular formula is C19H26N4O. The van der Waals surface area contributed by atoms with E-state index in [9.17, 15) is 4.79 Å². The fourth-order valence-corrected chi connectivity index (χ4v) is 3.44. The van der Waals surface area contributed by atoms with Gasteiger partial charge in [0.05, 0.1) is 12.1 Å². The van der Waals surface area contributed by atoms with Crippen LogP contribution in [0.15, 0.2) is 36.7 Å². The van der Waals surface area contributed by atoms with Crippen molar-refractivity contribution < 1.29 is 4.79 Å². The first kappa shape index (κ1) is 16.7. The van der Waals surface area contributed by atoms with Gasteiger partial charge in [-0.2, -0.15) is 5.10 Å². The molecule has 2 heterocycles. The summed E-state index contributed by atoms with van der Waals surface area (Å²) >= 11 is 0. The van der Waals surface area contributed by atoms with Crippen molar-refractivity contribution in [3.8, 4) is 0 Å². The Morgan fingerprint density at radius 1 is 1.29 bits per heavy atom. The normalized spacial score (nSPS) is 20.3. The maximum absolute atomic E-state index is 12.9. The Morgan fingerprint density at radius 3 is 2.62 bits per heavy atom. The monoisotopic (exact) mass is 326 g/mol. The van der Waals surface area contributed by atoms with E-state index in [-0.39, 0.29) is 17.7 Å². The molecule has 1 fully saturated rings. The summed E-state index contributed by atoms with van der Waals surface area (Å²) in [7, 11) is 3.81. The topological polar surface area (TPSA) is 50.2 Å². The third-order valence-electron chi connectivity index (χ3n) is 4.91. The number of aryl methyl sites for hydroxylation is 2. The molecule has 1 N–H and O–H groups in total. The lowest BCUT2D eigenvalue weighted by Crippen LogP contribution is -2.35. The molecule has 24 heavy (non-hydrogen) atoms. The molecule has 0 spiro atoms. The van der Waals surface area contributed by atoms with Gasteiger partial charge in [0.25, 0.3) is 0 Å². The van der Waals surface area contributed by atoms with E-state index in [4.69, 9.17) is 0 Å². The highest BCUT2D eigenvalue weighted by Gasteiger charge is 2.36. The highest BCUT2D eigenvalue weighted by Crippen LogP contribution is 2.29. The van der Waals surface area contributed by atoms with Gasteiger partial charge in [0.1, 0.15) is 0 Å². The number of benzene rings is 1. The van der Waals surface area contributed by atoms with Crippen LogP contribution < -0.4 is 5.32 Å². The first-order chi connectivity index (χ1) is 11.6. The molecule has 0 bridgehead atoms. The van der Waals surface area contributed by atoms with Crippen LogP contribution in [-0.2, 0) is 24.8 Å². The summed E-state index contributed by atoms with van der Waals surface area (Å²) in [6, 6.07) is 8.52. The van der Waals surface area contributed by atoms with Crippen LogP contribution in [0.4, 0.5) is 0 Å². The van der Waals surface area contributed by atoms with Gasteiger partial charge >= 0.3 is 0 Å². The Labute approximate surface area is 143 Å². The molecule has 1 aromatic carbocycles. The molecular weight excluding hydrogens is 300 g/mol. The zero-order valence-corrected chi connectivity index (χ0v) is 14.7. The quantitative estimate of drug-likeness (QED) is 0.913. The number of nitrogens with one attached hydrogen (secondary N) is 1. The van der Waals surface area contributed by atoms with Crippen molar-refractivity contribution in [3.05, 3.63) is 53.3 Å². The number of hydrogen-bond acceptors (Lipinski definition) is 3. The molecule has 0 unspecified atom stereocenters. The molecule has 0 saturated carbocycles. The van der Waals surface area contributed by atoms with E-state index in [0.29, 0.717) is 6.54 Å². The molecule has 2 atom stereocenters. The summed E-state index contributed by atoms with van der Waals surface area (Å²) in [6.45, 7) is 4.37. The molecule has 128 valence electrons. The van der Waals surface area contributed by atoms with Crippen LogP contribution in [0.1, 0.15) is 29.5 Å².